The first-order valence-electron chi connectivity index (χ1n) is 7.39. The fourth-order valence-corrected chi connectivity index (χ4v) is 2.45. The molecular weight excluding hydrogens is 280 g/mol. The number of hydrogen-bond donors (Lipinski definition) is 1. The number of nitriles is 1. The van der Waals surface area contributed by atoms with E-state index in [0.29, 0.717) is 35.9 Å². The predicted molar refractivity (Wildman–Crippen MR) is 85.8 cm³/mol. The Morgan fingerprint density at radius 2 is 2.14 bits per heavy atom. The van der Waals surface area contributed by atoms with Crippen LogP contribution in [0.5, 0.6) is 5.75 Å². The molecule has 0 radical (unpaired) electrons. The molecule has 1 amide bonds. The Hall–Kier alpha value is -2.06. The summed E-state index contributed by atoms with van der Waals surface area (Å²) >= 11 is 0. The molecule has 1 aromatic rings. The molecule has 0 saturated heterocycles. The number of methoxy groups -OCH3 is 1. The lowest BCUT2D eigenvalue weighted by Crippen LogP contribution is -2.44. The predicted octanol–water partition coefficient (Wildman–Crippen LogP) is 3.35. The molecule has 0 aliphatic heterocycles. The van der Waals surface area contributed by atoms with Crippen molar-refractivity contribution in [2.45, 2.75) is 39.7 Å². The van der Waals surface area contributed by atoms with E-state index in [1.165, 1.54) is 7.11 Å². The molecular formula is C17H24N2O3. The van der Waals surface area contributed by atoms with E-state index in [9.17, 15) is 4.79 Å². The third kappa shape index (κ3) is 4.47. The Morgan fingerprint density at radius 1 is 1.45 bits per heavy atom. The number of ether oxygens (including phenoxy) is 2. The maximum Gasteiger partial charge on any atom is 0.256 e. The van der Waals surface area contributed by atoms with E-state index in [1.807, 2.05) is 26.8 Å². The summed E-state index contributed by atoms with van der Waals surface area (Å²) < 4.78 is 10.8. The lowest BCUT2D eigenvalue weighted by atomic mass is 9.93. The van der Waals surface area contributed by atoms with Gasteiger partial charge in [0, 0.05) is 12.3 Å². The minimum absolute atomic E-state index is 0.211. The van der Waals surface area contributed by atoms with Crippen molar-refractivity contribution >= 4 is 11.6 Å². The first kappa shape index (κ1) is 18.0. The standard InChI is InChI=1S/C17H24N2O3/c1-6-22-17(4,10-12(2)3)16(20)19-14-7-8-15(21-5)13(9-14)11-18/h7-9,12H,6,10H2,1-5H3,(H,19,20)/t17-/m1/s1. The molecule has 0 spiro atoms. The van der Waals surface area contributed by atoms with Crippen LogP contribution in [-0.4, -0.2) is 25.2 Å². The van der Waals surface area contributed by atoms with Gasteiger partial charge in [-0.25, -0.2) is 0 Å². The number of benzene rings is 1. The smallest absolute Gasteiger partial charge is 0.256 e. The first-order valence-corrected chi connectivity index (χ1v) is 7.39. The zero-order chi connectivity index (χ0) is 16.8. The van der Waals surface area contributed by atoms with Crippen LogP contribution in [0.15, 0.2) is 18.2 Å². The van der Waals surface area contributed by atoms with Crippen molar-refractivity contribution in [3.63, 3.8) is 0 Å². The Balaban J connectivity index is 2.97. The zero-order valence-electron chi connectivity index (χ0n) is 13.9. The van der Waals surface area contributed by atoms with Crippen LogP contribution < -0.4 is 10.1 Å². The summed E-state index contributed by atoms with van der Waals surface area (Å²) in [4.78, 5) is 12.6. The second kappa shape index (κ2) is 7.81. The first-order chi connectivity index (χ1) is 10.4. The minimum Gasteiger partial charge on any atom is -0.495 e. The molecule has 1 N–H and O–H groups in total. The quantitative estimate of drug-likeness (QED) is 0.838. The van der Waals surface area contributed by atoms with E-state index in [2.05, 4.69) is 5.32 Å². The highest BCUT2D eigenvalue weighted by molar-refractivity contribution is 5.97. The van der Waals surface area contributed by atoms with Crippen LogP contribution in [0.3, 0.4) is 0 Å². The number of rotatable bonds is 7. The van der Waals surface area contributed by atoms with E-state index >= 15 is 0 Å². The number of amides is 1. The molecule has 22 heavy (non-hydrogen) atoms. The third-order valence-corrected chi connectivity index (χ3v) is 3.32. The molecule has 0 aromatic heterocycles. The van der Waals surface area contributed by atoms with Gasteiger partial charge in [-0.1, -0.05) is 13.8 Å². The highest BCUT2D eigenvalue weighted by Crippen LogP contribution is 2.26. The molecule has 1 rings (SSSR count). The number of carbonyl (C=O) groups is 1. The van der Waals surface area contributed by atoms with Crippen LogP contribution in [0.2, 0.25) is 0 Å². The summed E-state index contributed by atoms with van der Waals surface area (Å²) in [7, 11) is 1.50. The molecule has 5 nitrogen and oxygen atoms in total. The molecule has 120 valence electrons. The Bertz CT molecular complexity index is 564. The van der Waals surface area contributed by atoms with Gasteiger partial charge < -0.3 is 14.8 Å². The molecule has 0 aliphatic carbocycles. The summed E-state index contributed by atoms with van der Waals surface area (Å²) in [5.74, 6) is 0.597. The van der Waals surface area contributed by atoms with E-state index < -0.39 is 5.60 Å². The number of anilines is 1. The van der Waals surface area contributed by atoms with Gasteiger partial charge in [-0.05, 0) is 44.4 Å². The van der Waals surface area contributed by atoms with Crippen LogP contribution >= 0.6 is 0 Å². The van der Waals surface area contributed by atoms with Gasteiger partial charge in [0.15, 0.2) is 0 Å². The normalized spacial score (nSPS) is 13.3. The second-order valence-electron chi connectivity index (χ2n) is 5.74. The highest BCUT2D eigenvalue weighted by Gasteiger charge is 2.34. The molecule has 1 aromatic carbocycles. The van der Waals surface area contributed by atoms with Gasteiger partial charge in [0.05, 0.1) is 12.7 Å². The Morgan fingerprint density at radius 3 is 2.64 bits per heavy atom. The zero-order valence-corrected chi connectivity index (χ0v) is 13.9. The average molecular weight is 304 g/mol. The van der Waals surface area contributed by atoms with Gasteiger partial charge in [0.2, 0.25) is 0 Å². The molecule has 0 unspecified atom stereocenters. The van der Waals surface area contributed by atoms with E-state index in [4.69, 9.17) is 14.7 Å². The minimum atomic E-state index is -0.893. The van der Waals surface area contributed by atoms with E-state index in [0.717, 1.165) is 0 Å². The van der Waals surface area contributed by atoms with Crippen LogP contribution in [0.25, 0.3) is 0 Å². The van der Waals surface area contributed by atoms with Crippen LogP contribution in [0, 0.1) is 17.2 Å². The van der Waals surface area contributed by atoms with E-state index in [-0.39, 0.29) is 5.91 Å². The van der Waals surface area contributed by atoms with Crippen molar-refractivity contribution < 1.29 is 14.3 Å². The molecule has 0 bridgehead atoms. The Kier molecular flexibility index (Phi) is 6.39. The summed E-state index contributed by atoms with van der Waals surface area (Å²) in [5.41, 5.74) is 0.0367. The third-order valence-electron chi connectivity index (χ3n) is 3.32. The van der Waals surface area contributed by atoms with Gasteiger partial charge in [-0.2, -0.15) is 5.26 Å². The lowest BCUT2D eigenvalue weighted by Gasteiger charge is -2.30. The maximum absolute atomic E-state index is 12.6. The molecule has 0 saturated carbocycles. The highest BCUT2D eigenvalue weighted by atomic mass is 16.5. The molecule has 0 heterocycles. The van der Waals surface area contributed by atoms with Gasteiger partial charge in [-0.3, -0.25) is 4.79 Å². The molecule has 5 heteroatoms. The van der Waals surface area contributed by atoms with Gasteiger partial charge in [-0.15, -0.1) is 0 Å². The average Bonchev–Trinajstić information content (AvgIpc) is 2.46. The van der Waals surface area contributed by atoms with Crippen LogP contribution in [-0.2, 0) is 9.53 Å². The van der Waals surface area contributed by atoms with Crippen molar-refractivity contribution in [3.8, 4) is 11.8 Å². The van der Waals surface area contributed by atoms with Gasteiger partial charge in [0.25, 0.3) is 5.91 Å². The maximum atomic E-state index is 12.6. The summed E-state index contributed by atoms with van der Waals surface area (Å²) in [6.07, 6.45) is 0.619. The van der Waals surface area contributed by atoms with Crippen molar-refractivity contribution in [1.29, 1.82) is 5.26 Å². The van der Waals surface area contributed by atoms with Crippen molar-refractivity contribution in [1.82, 2.24) is 0 Å². The second-order valence-corrected chi connectivity index (χ2v) is 5.74. The summed E-state index contributed by atoms with van der Waals surface area (Å²) in [5, 5.41) is 11.9. The summed E-state index contributed by atoms with van der Waals surface area (Å²) in [6.45, 7) is 8.22. The van der Waals surface area contributed by atoms with Crippen molar-refractivity contribution in [3.05, 3.63) is 23.8 Å². The van der Waals surface area contributed by atoms with Crippen LogP contribution in [0.4, 0.5) is 5.69 Å². The fourth-order valence-electron chi connectivity index (χ4n) is 2.45. The van der Waals surface area contributed by atoms with Crippen molar-refractivity contribution in [2.75, 3.05) is 19.0 Å². The monoisotopic (exact) mass is 304 g/mol. The number of hydrogen-bond acceptors (Lipinski definition) is 4. The van der Waals surface area contributed by atoms with E-state index in [1.54, 1.807) is 25.1 Å². The number of nitrogens with one attached hydrogen (secondary N) is 1. The van der Waals surface area contributed by atoms with Gasteiger partial charge >= 0.3 is 0 Å². The fraction of sp³-hybridized carbons (Fsp3) is 0.529. The molecule has 1 atom stereocenters. The number of nitrogens with zero attached hydrogens (tertiary/aromatic N) is 1. The SMILES string of the molecule is CCO[C@](C)(CC(C)C)C(=O)Nc1ccc(OC)c(C#N)c1. The van der Waals surface area contributed by atoms with Crippen LogP contribution in [0.1, 0.15) is 39.7 Å². The van der Waals surface area contributed by atoms with Crippen molar-refractivity contribution in [2.24, 2.45) is 5.92 Å². The lowest BCUT2D eigenvalue weighted by molar-refractivity contribution is -0.140. The Labute approximate surface area is 132 Å². The molecule has 0 fully saturated rings. The molecule has 0 aliphatic rings. The van der Waals surface area contributed by atoms with Gasteiger partial charge in [0.1, 0.15) is 17.4 Å². The largest absolute Gasteiger partial charge is 0.495 e. The number of carbonyl (C=O) groups excluding carboxylic acids is 1. The topological polar surface area (TPSA) is 71.3 Å². The summed E-state index contributed by atoms with van der Waals surface area (Å²) in [6, 6.07) is 7.01.